The van der Waals surface area contributed by atoms with E-state index in [1.165, 1.54) is 0 Å². The van der Waals surface area contributed by atoms with Gasteiger partial charge in [-0.2, -0.15) is 0 Å². The van der Waals surface area contributed by atoms with E-state index in [-0.39, 0.29) is 0 Å². The van der Waals surface area contributed by atoms with Crippen molar-refractivity contribution in [1.82, 2.24) is 9.97 Å². The van der Waals surface area contributed by atoms with Gasteiger partial charge in [-0.1, -0.05) is 17.7 Å². The molecule has 0 fully saturated rings. The molecule has 0 spiro atoms. The number of methoxy groups -OCH3 is 2. The van der Waals surface area contributed by atoms with E-state index < -0.39 is 0 Å². The number of aromatic nitrogens is 2. The molecule has 27 heavy (non-hydrogen) atoms. The molecule has 0 bridgehead atoms. The standard InChI is InChI=1S/C20H21ClN4O2/c1-12-5-6-14(9-16(12)21)24-19-11-20(23-13(2)22-19)25-17-8-7-15(26-3)10-18(17)27-4/h5-11H,1-4H3,(H2,22,23,24,25). The number of hydrogen-bond acceptors (Lipinski definition) is 6. The largest absolute Gasteiger partial charge is 0.497 e. The van der Waals surface area contributed by atoms with E-state index >= 15 is 0 Å². The van der Waals surface area contributed by atoms with Crippen LogP contribution in [-0.4, -0.2) is 24.2 Å². The Balaban J connectivity index is 1.86. The van der Waals surface area contributed by atoms with Gasteiger partial charge in [-0.05, 0) is 43.7 Å². The number of ether oxygens (including phenoxy) is 2. The Morgan fingerprint density at radius 1 is 0.852 bits per heavy atom. The van der Waals surface area contributed by atoms with E-state index in [9.17, 15) is 0 Å². The minimum Gasteiger partial charge on any atom is -0.497 e. The van der Waals surface area contributed by atoms with Crippen LogP contribution >= 0.6 is 11.6 Å². The fourth-order valence-corrected chi connectivity index (χ4v) is 2.73. The average molecular weight is 385 g/mol. The summed E-state index contributed by atoms with van der Waals surface area (Å²) in [5, 5.41) is 7.22. The number of aryl methyl sites for hydroxylation is 2. The van der Waals surface area contributed by atoms with Gasteiger partial charge in [-0.25, -0.2) is 9.97 Å². The number of halogens is 1. The summed E-state index contributed by atoms with van der Waals surface area (Å²) in [6.07, 6.45) is 0. The van der Waals surface area contributed by atoms with Crippen LogP contribution < -0.4 is 20.1 Å². The highest BCUT2D eigenvalue weighted by molar-refractivity contribution is 6.31. The van der Waals surface area contributed by atoms with Gasteiger partial charge in [0.2, 0.25) is 0 Å². The van der Waals surface area contributed by atoms with Gasteiger partial charge in [0.25, 0.3) is 0 Å². The van der Waals surface area contributed by atoms with E-state index in [0.29, 0.717) is 28.2 Å². The maximum absolute atomic E-state index is 6.20. The molecule has 0 aliphatic rings. The molecule has 0 unspecified atom stereocenters. The van der Waals surface area contributed by atoms with Crippen molar-refractivity contribution < 1.29 is 9.47 Å². The summed E-state index contributed by atoms with van der Waals surface area (Å²) in [6, 6.07) is 13.1. The molecular weight excluding hydrogens is 364 g/mol. The molecule has 0 aliphatic carbocycles. The summed E-state index contributed by atoms with van der Waals surface area (Å²) < 4.78 is 10.7. The molecule has 0 amide bonds. The zero-order valence-corrected chi connectivity index (χ0v) is 16.4. The lowest BCUT2D eigenvalue weighted by molar-refractivity contribution is 0.395. The van der Waals surface area contributed by atoms with Crippen LogP contribution in [0.5, 0.6) is 11.5 Å². The van der Waals surface area contributed by atoms with Crippen LogP contribution in [0.4, 0.5) is 23.0 Å². The van der Waals surface area contributed by atoms with E-state index in [1.54, 1.807) is 14.2 Å². The van der Waals surface area contributed by atoms with Crippen LogP contribution in [0.25, 0.3) is 0 Å². The topological polar surface area (TPSA) is 68.3 Å². The fraction of sp³-hybridized carbons (Fsp3) is 0.200. The van der Waals surface area contributed by atoms with Crippen LogP contribution in [0.3, 0.4) is 0 Å². The lowest BCUT2D eigenvalue weighted by atomic mass is 10.2. The van der Waals surface area contributed by atoms with Gasteiger partial charge >= 0.3 is 0 Å². The first-order valence-electron chi connectivity index (χ1n) is 8.36. The monoisotopic (exact) mass is 384 g/mol. The van der Waals surface area contributed by atoms with Crippen molar-refractivity contribution in [3.63, 3.8) is 0 Å². The van der Waals surface area contributed by atoms with E-state index in [0.717, 1.165) is 22.7 Å². The zero-order chi connectivity index (χ0) is 19.4. The number of nitrogens with zero attached hydrogens (tertiary/aromatic N) is 2. The highest BCUT2D eigenvalue weighted by atomic mass is 35.5. The Hall–Kier alpha value is -2.99. The van der Waals surface area contributed by atoms with Crippen LogP contribution in [0.1, 0.15) is 11.4 Å². The smallest absolute Gasteiger partial charge is 0.146 e. The third-order valence-corrected chi connectivity index (χ3v) is 4.36. The molecule has 2 aromatic carbocycles. The SMILES string of the molecule is COc1ccc(Nc2cc(Nc3ccc(C)c(Cl)c3)nc(C)n2)c(OC)c1. The second-order valence-corrected chi connectivity index (χ2v) is 6.37. The lowest BCUT2D eigenvalue weighted by Crippen LogP contribution is -2.02. The van der Waals surface area contributed by atoms with Crippen molar-refractivity contribution in [3.05, 3.63) is 58.9 Å². The van der Waals surface area contributed by atoms with Crippen molar-refractivity contribution in [2.24, 2.45) is 0 Å². The first-order valence-corrected chi connectivity index (χ1v) is 8.74. The van der Waals surface area contributed by atoms with Crippen molar-refractivity contribution >= 4 is 34.6 Å². The quantitative estimate of drug-likeness (QED) is 0.604. The Kier molecular flexibility index (Phi) is 5.66. The summed E-state index contributed by atoms with van der Waals surface area (Å²) in [6.45, 7) is 3.80. The summed E-state index contributed by atoms with van der Waals surface area (Å²) >= 11 is 6.20. The van der Waals surface area contributed by atoms with Gasteiger partial charge in [0, 0.05) is 22.8 Å². The predicted molar refractivity (Wildman–Crippen MR) is 109 cm³/mol. The van der Waals surface area contributed by atoms with Crippen LogP contribution in [0.2, 0.25) is 5.02 Å². The highest BCUT2D eigenvalue weighted by Crippen LogP contribution is 2.31. The predicted octanol–water partition coefficient (Wildman–Crippen LogP) is 5.25. The van der Waals surface area contributed by atoms with Crippen molar-refractivity contribution in [2.75, 3.05) is 24.9 Å². The lowest BCUT2D eigenvalue weighted by Gasteiger charge is -2.14. The van der Waals surface area contributed by atoms with Crippen LogP contribution in [0, 0.1) is 13.8 Å². The normalized spacial score (nSPS) is 10.4. The average Bonchev–Trinajstić information content (AvgIpc) is 2.64. The molecule has 0 aliphatic heterocycles. The molecule has 0 atom stereocenters. The molecule has 6 nitrogen and oxygen atoms in total. The van der Waals surface area contributed by atoms with Gasteiger partial charge in [-0.15, -0.1) is 0 Å². The van der Waals surface area contributed by atoms with Crippen molar-refractivity contribution in [1.29, 1.82) is 0 Å². The summed E-state index contributed by atoms with van der Waals surface area (Å²) in [4.78, 5) is 8.88. The minimum absolute atomic E-state index is 0.633. The number of benzene rings is 2. The maximum Gasteiger partial charge on any atom is 0.146 e. The molecule has 1 aromatic heterocycles. The van der Waals surface area contributed by atoms with Gasteiger partial charge in [0.05, 0.1) is 19.9 Å². The Labute approximate surface area is 163 Å². The van der Waals surface area contributed by atoms with Crippen molar-refractivity contribution in [2.45, 2.75) is 13.8 Å². The van der Waals surface area contributed by atoms with E-state index in [4.69, 9.17) is 21.1 Å². The molecule has 0 saturated carbocycles. The summed E-state index contributed by atoms with van der Waals surface area (Å²) in [5.41, 5.74) is 2.66. The Bertz CT molecular complexity index is 963. The maximum atomic E-state index is 6.20. The zero-order valence-electron chi connectivity index (χ0n) is 15.6. The fourth-order valence-electron chi connectivity index (χ4n) is 2.55. The molecule has 7 heteroatoms. The second kappa shape index (κ2) is 8.14. The molecule has 3 aromatic rings. The number of rotatable bonds is 6. The molecule has 0 saturated heterocycles. The first kappa shape index (κ1) is 18.8. The van der Waals surface area contributed by atoms with Gasteiger partial charge in [0.1, 0.15) is 29.0 Å². The minimum atomic E-state index is 0.633. The number of anilines is 4. The third kappa shape index (κ3) is 4.60. The molecule has 140 valence electrons. The summed E-state index contributed by atoms with van der Waals surface area (Å²) in [5.74, 6) is 3.32. The number of hydrogen-bond donors (Lipinski definition) is 2. The van der Waals surface area contributed by atoms with Crippen LogP contribution in [-0.2, 0) is 0 Å². The Morgan fingerprint density at radius 3 is 2.26 bits per heavy atom. The Morgan fingerprint density at radius 2 is 1.59 bits per heavy atom. The molecule has 2 N–H and O–H groups in total. The highest BCUT2D eigenvalue weighted by Gasteiger charge is 2.09. The van der Waals surface area contributed by atoms with Gasteiger partial charge in [0.15, 0.2) is 0 Å². The van der Waals surface area contributed by atoms with Gasteiger partial charge < -0.3 is 20.1 Å². The molecular formula is C20H21ClN4O2. The molecule has 3 rings (SSSR count). The molecule has 1 heterocycles. The number of nitrogens with one attached hydrogen (secondary N) is 2. The van der Waals surface area contributed by atoms with Crippen molar-refractivity contribution in [3.8, 4) is 11.5 Å². The van der Waals surface area contributed by atoms with E-state index in [2.05, 4.69) is 20.6 Å². The van der Waals surface area contributed by atoms with Gasteiger partial charge in [-0.3, -0.25) is 0 Å². The first-order chi connectivity index (χ1) is 13.0. The van der Waals surface area contributed by atoms with Crippen LogP contribution in [0.15, 0.2) is 42.5 Å². The third-order valence-electron chi connectivity index (χ3n) is 3.95. The summed E-state index contributed by atoms with van der Waals surface area (Å²) in [7, 11) is 3.23. The van der Waals surface area contributed by atoms with E-state index in [1.807, 2.05) is 56.3 Å². The molecule has 0 radical (unpaired) electrons. The second-order valence-electron chi connectivity index (χ2n) is 5.97.